The maximum Gasteiger partial charge on any atom is 0.326 e. The van der Waals surface area contributed by atoms with Crippen LogP contribution in [-0.2, 0) is 4.74 Å². The van der Waals surface area contributed by atoms with Gasteiger partial charge in [0, 0.05) is 42.5 Å². The van der Waals surface area contributed by atoms with Crippen LogP contribution in [-0.4, -0.2) is 53.3 Å². The van der Waals surface area contributed by atoms with Crippen LogP contribution in [0.25, 0.3) is 10.6 Å². The quantitative estimate of drug-likeness (QED) is 0.493. The third-order valence-corrected chi connectivity index (χ3v) is 5.08. The van der Waals surface area contributed by atoms with E-state index in [0.29, 0.717) is 30.6 Å². The number of amides is 2. The first-order valence-electron chi connectivity index (χ1n) is 9.22. The lowest BCUT2D eigenvalue weighted by molar-refractivity contribution is 0.0806. The Labute approximate surface area is 172 Å². The molecular formula is C19H21N7O2S. The fraction of sp³-hybridized carbons (Fsp3) is 0.263. The number of nitrogens with zero attached hydrogens (tertiary/aromatic N) is 3. The molecule has 150 valence electrons. The smallest absolute Gasteiger partial charge is 0.326 e. The predicted molar refractivity (Wildman–Crippen MR) is 113 cm³/mol. The lowest BCUT2D eigenvalue weighted by Gasteiger charge is -2.24. The van der Waals surface area contributed by atoms with E-state index in [-0.39, 0.29) is 6.04 Å². The fourth-order valence-electron chi connectivity index (χ4n) is 2.80. The number of morpholine rings is 1. The molecule has 0 aliphatic carbocycles. The monoisotopic (exact) mass is 411 g/mol. The van der Waals surface area contributed by atoms with Crippen molar-refractivity contribution in [2.75, 3.05) is 42.3 Å². The number of hydrogen-bond acceptors (Lipinski definition) is 8. The molecule has 0 aromatic carbocycles. The summed E-state index contributed by atoms with van der Waals surface area (Å²) in [6, 6.07) is 9.01. The normalized spacial score (nSPS) is 16.2. The number of carbonyl (C=O) groups is 1. The zero-order valence-electron chi connectivity index (χ0n) is 15.6. The predicted octanol–water partition coefficient (Wildman–Crippen LogP) is 2.64. The first kappa shape index (κ1) is 19.2. The Bertz CT molecular complexity index is 944. The molecule has 4 N–H and O–H groups in total. The van der Waals surface area contributed by atoms with Crippen LogP contribution < -0.4 is 21.3 Å². The molecule has 10 heteroatoms. The Morgan fingerprint density at radius 1 is 1.14 bits per heavy atom. The molecule has 1 atom stereocenters. The van der Waals surface area contributed by atoms with Crippen LogP contribution in [0.3, 0.4) is 0 Å². The minimum absolute atomic E-state index is 0.240. The number of pyridine rings is 2. The van der Waals surface area contributed by atoms with E-state index in [2.05, 4.69) is 36.2 Å². The Morgan fingerprint density at radius 3 is 2.79 bits per heavy atom. The highest BCUT2D eigenvalue weighted by atomic mass is 32.1. The number of thiazole rings is 1. The maximum absolute atomic E-state index is 12.3. The summed E-state index contributed by atoms with van der Waals surface area (Å²) >= 11 is 1.45. The largest absolute Gasteiger partial charge is 0.378 e. The number of aromatic nitrogens is 3. The van der Waals surface area contributed by atoms with Crippen LogP contribution in [0.4, 0.5) is 22.2 Å². The van der Waals surface area contributed by atoms with Crippen LogP contribution in [0.5, 0.6) is 0 Å². The number of rotatable bonds is 6. The van der Waals surface area contributed by atoms with Gasteiger partial charge >= 0.3 is 6.03 Å². The number of hydrogen-bond donors (Lipinski definition) is 4. The van der Waals surface area contributed by atoms with E-state index in [1.807, 2.05) is 24.3 Å². The SMILES string of the molecule is O=C(Nc1cccc(NCC2COCCN2)n1)Nc1csc(-c2ccncc2)n1. The molecule has 0 spiro atoms. The van der Waals surface area contributed by atoms with Gasteiger partial charge in [-0.25, -0.2) is 14.8 Å². The molecule has 29 heavy (non-hydrogen) atoms. The van der Waals surface area contributed by atoms with Gasteiger partial charge in [0.05, 0.1) is 13.2 Å². The number of carbonyl (C=O) groups excluding carboxylic acids is 1. The van der Waals surface area contributed by atoms with Gasteiger partial charge in [-0.1, -0.05) is 6.07 Å². The van der Waals surface area contributed by atoms with Crippen molar-refractivity contribution in [1.29, 1.82) is 0 Å². The van der Waals surface area contributed by atoms with E-state index in [1.165, 1.54) is 11.3 Å². The third kappa shape index (κ3) is 5.47. The van der Waals surface area contributed by atoms with Gasteiger partial charge < -0.3 is 15.4 Å². The van der Waals surface area contributed by atoms with Gasteiger partial charge in [-0.2, -0.15) is 0 Å². The zero-order chi connectivity index (χ0) is 19.9. The van der Waals surface area contributed by atoms with Gasteiger partial charge in [0.1, 0.15) is 22.5 Å². The van der Waals surface area contributed by atoms with Crippen molar-refractivity contribution < 1.29 is 9.53 Å². The van der Waals surface area contributed by atoms with E-state index in [9.17, 15) is 4.79 Å². The van der Waals surface area contributed by atoms with Crippen molar-refractivity contribution in [1.82, 2.24) is 20.3 Å². The molecule has 0 bridgehead atoms. The molecule has 1 unspecified atom stereocenters. The Balaban J connectivity index is 1.31. The summed E-state index contributed by atoms with van der Waals surface area (Å²) < 4.78 is 5.44. The fourth-order valence-corrected chi connectivity index (χ4v) is 3.56. The molecular weight excluding hydrogens is 390 g/mol. The molecule has 2 amide bonds. The van der Waals surface area contributed by atoms with E-state index in [0.717, 1.165) is 23.7 Å². The van der Waals surface area contributed by atoms with Gasteiger partial charge in [-0.05, 0) is 24.3 Å². The lowest BCUT2D eigenvalue weighted by atomic mass is 10.3. The minimum atomic E-state index is -0.399. The summed E-state index contributed by atoms with van der Waals surface area (Å²) in [6.45, 7) is 2.95. The van der Waals surface area contributed by atoms with E-state index in [1.54, 1.807) is 23.8 Å². The summed E-state index contributed by atoms with van der Waals surface area (Å²) in [5, 5.41) is 14.7. The van der Waals surface area contributed by atoms with Gasteiger partial charge in [-0.15, -0.1) is 11.3 Å². The second-order valence-electron chi connectivity index (χ2n) is 6.37. The second-order valence-corrected chi connectivity index (χ2v) is 7.23. The number of anilines is 3. The molecule has 4 heterocycles. The summed E-state index contributed by atoms with van der Waals surface area (Å²) in [6.07, 6.45) is 3.42. The van der Waals surface area contributed by atoms with Crippen molar-refractivity contribution in [3.05, 3.63) is 48.1 Å². The Morgan fingerprint density at radius 2 is 1.97 bits per heavy atom. The summed E-state index contributed by atoms with van der Waals surface area (Å²) in [5.41, 5.74) is 0.955. The average molecular weight is 411 g/mol. The van der Waals surface area contributed by atoms with Crippen LogP contribution >= 0.6 is 11.3 Å². The molecule has 9 nitrogen and oxygen atoms in total. The highest BCUT2D eigenvalue weighted by Gasteiger charge is 2.13. The van der Waals surface area contributed by atoms with E-state index < -0.39 is 6.03 Å². The second kappa shape index (κ2) is 9.41. The molecule has 1 fully saturated rings. The van der Waals surface area contributed by atoms with Crippen molar-refractivity contribution in [3.63, 3.8) is 0 Å². The summed E-state index contributed by atoms with van der Waals surface area (Å²) in [7, 11) is 0. The van der Waals surface area contributed by atoms with E-state index >= 15 is 0 Å². The standard InChI is InChI=1S/C19H21N7O2S/c27-19(26-17-12-29-18(24-17)13-4-6-20-7-5-13)25-16-3-1-2-15(23-16)22-10-14-11-28-9-8-21-14/h1-7,12,14,21H,8-11H2,(H3,22,23,25,26,27). The van der Waals surface area contributed by atoms with Crippen molar-refractivity contribution >= 4 is 34.8 Å². The molecule has 3 aromatic rings. The Hall–Kier alpha value is -3.08. The zero-order valence-corrected chi connectivity index (χ0v) is 16.4. The van der Waals surface area contributed by atoms with Gasteiger partial charge in [0.2, 0.25) is 0 Å². The van der Waals surface area contributed by atoms with Crippen LogP contribution in [0, 0.1) is 0 Å². The number of urea groups is 1. The molecule has 3 aromatic heterocycles. The average Bonchev–Trinajstić information content (AvgIpc) is 3.22. The van der Waals surface area contributed by atoms with E-state index in [4.69, 9.17) is 4.74 Å². The first-order chi connectivity index (χ1) is 14.3. The number of nitrogens with one attached hydrogen (secondary N) is 4. The first-order valence-corrected chi connectivity index (χ1v) is 10.1. The van der Waals surface area contributed by atoms with Crippen molar-refractivity contribution in [2.24, 2.45) is 0 Å². The van der Waals surface area contributed by atoms with Crippen LogP contribution in [0.15, 0.2) is 48.1 Å². The molecule has 1 aliphatic rings. The van der Waals surface area contributed by atoms with Gasteiger partial charge in [-0.3, -0.25) is 15.6 Å². The van der Waals surface area contributed by atoms with Crippen molar-refractivity contribution in [3.8, 4) is 10.6 Å². The lowest BCUT2D eigenvalue weighted by Crippen LogP contribution is -2.45. The van der Waals surface area contributed by atoms with Crippen LogP contribution in [0.2, 0.25) is 0 Å². The minimum Gasteiger partial charge on any atom is -0.378 e. The summed E-state index contributed by atoms with van der Waals surface area (Å²) in [5.74, 6) is 1.62. The molecule has 1 aliphatic heterocycles. The highest BCUT2D eigenvalue weighted by Crippen LogP contribution is 2.25. The van der Waals surface area contributed by atoms with Gasteiger partial charge in [0.25, 0.3) is 0 Å². The van der Waals surface area contributed by atoms with Gasteiger partial charge in [0.15, 0.2) is 0 Å². The molecule has 4 rings (SSSR count). The Kier molecular flexibility index (Phi) is 6.25. The maximum atomic E-state index is 12.3. The van der Waals surface area contributed by atoms with Crippen LogP contribution in [0.1, 0.15) is 0 Å². The molecule has 0 radical (unpaired) electrons. The molecule has 1 saturated heterocycles. The highest BCUT2D eigenvalue weighted by molar-refractivity contribution is 7.13. The third-order valence-electron chi connectivity index (χ3n) is 4.19. The van der Waals surface area contributed by atoms with Crippen molar-refractivity contribution in [2.45, 2.75) is 6.04 Å². The number of ether oxygens (including phenoxy) is 1. The molecule has 0 saturated carbocycles. The summed E-state index contributed by atoms with van der Waals surface area (Å²) in [4.78, 5) is 25.1. The topological polar surface area (TPSA) is 113 Å².